The van der Waals surface area contributed by atoms with Crippen LogP contribution in [0.15, 0.2) is 71.5 Å². The van der Waals surface area contributed by atoms with Gasteiger partial charge in [0.05, 0.1) is 17.2 Å². The molecule has 200 valence electrons. The average molecular weight is 561 g/mol. The van der Waals surface area contributed by atoms with Gasteiger partial charge in [0.15, 0.2) is 0 Å². The number of anilines is 1. The molecule has 0 saturated carbocycles. The Bertz CT molecular complexity index is 1530. The quantitative estimate of drug-likeness (QED) is 0.233. The van der Waals surface area contributed by atoms with Crippen molar-refractivity contribution in [3.8, 4) is 0 Å². The molecule has 39 heavy (non-hydrogen) atoms. The summed E-state index contributed by atoms with van der Waals surface area (Å²) in [5.74, 6) is 0.326. The zero-order valence-electron chi connectivity index (χ0n) is 22.3. The van der Waals surface area contributed by atoms with Gasteiger partial charge < -0.3 is 14.3 Å². The summed E-state index contributed by atoms with van der Waals surface area (Å²) in [6.07, 6.45) is 1.81. The highest BCUT2D eigenvalue weighted by Gasteiger charge is 2.38. The lowest BCUT2D eigenvalue weighted by molar-refractivity contribution is 0.111. The van der Waals surface area contributed by atoms with Crippen molar-refractivity contribution in [2.45, 2.75) is 44.8 Å². The van der Waals surface area contributed by atoms with E-state index in [0.29, 0.717) is 21.4 Å². The fourth-order valence-corrected chi connectivity index (χ4v) is 6.00. The van der Waals surface area contributed by atoms with Gasteiger partial charge in [0.2, 0.25) is 5.52 Å². The number of nitrogens with zero attached hydrogens (tertiary/aromatic N) is 5. The van der Waals surface area contributed by atoms with E-state index in [0.717, 1.165) is 37.1 Å². The topological polar surface area (TPSA) is 45.7 Å². The lowest BCUT2D eigenvalue weighted by Gasteiger charge is -2.50. The molecule has 0 radical (unpaired) electrons. The third-order valence-corrected chi connectivity index (χ3v) is 8.37. The second-order valence-electron chi connectivity index (χ2n) is 10.1. The molecule has 3 heterocycles. The number of fused-ring (bicyclic) bond motifs is 1. The van der Waals surface area contributed by atoms with Gasteiger partial charge in [-0.05, 0) is 60.4 Å². The molecule has 4 aromatic rings. The van der Waals surface area contributed by atoms with Crippen molar-refractivity contribution >= 4 is 45.7 Å². The smallest absolute Gasteiger partial charge is 0.270 e. The Morgan fingerprint density at radius 3 is 2.05 bits per heavy atom. The highest BCUT2D eigenvalue weighted by atomic mass is 35.5. The van der Waals surface area contributed by atoms with Crippen LogP contribution in [0.4, 0.5) is 11.5 Å². The van der Waals surface area contributed by atoms with E-state index in [1.54, 1.807) is 23.7 Å². The number of aryl methyl sites for hydroxylation is 1. The summed E-state index contributed by atoms with van der Waals surface area (Å²) in [7, 11) is 1.75. The van der Waals surface area contributed by atoms with Crippen LogP contribution in [0.1, 0.15) is 43.9 Å². The Labute approximate surface area is 239 Å². The summed E-state index contributed by atoms with van der Waals surface area (Å²) in [5, 5.41) is 1.42. The molecule has 1 fully saturated rings. The van der Waals surface area contributed by atoms with Gasteiger partial charge in [0.1, 0.15) is 0 Å². The molecule has 5 rings (SSSR count). The predicted molar refractivity (Wildman–Crippen MR) is 160 cm³/mol. The van der Waals surface area contributed by atoms with Crippen LogP contribution in [0.3, 0.4) is 0 Å². The highest BCUT2D eigenvalue weighted by Crippen LogP contribution is 2.38. The number of rotatable bonds is 6. The van der Waals surface area contributed by atoms with E-state index in [-0.39, 0.29) is 23.7 Å². The molecular formula is C31H31Cl2N5O. The summed E-state index contributed by atoms with van der Waals surface area (Å²) in [6, 6.07) is 21.7. The Hall–Kier alpha value is -3.37. The van der Waals surface area contributed by atoms with Gasteiger partial charge in [-0.3, -0.25) is 9.69 Å². The van der Waals surface area contributed by atoms with E-state index >= 15 is 0 Å². The molecule has 1 saturated heterocycles. The molecule has 8 heteroatoms. The van der Waals surface area contributed by atoms with Crippen molar-refractivity contribution in [3.63, 3.8) is 0 Å². The Morgan fingerprint density at radius 2 is 1.51 bits per heavy atom. The Kier molecular flexibility index (Phi) is 7.95. The van der Waals surface area contributed by atoms with Crippen molar-refractivity contribution in [3.05, 3.63) is 110 Å². The summed E-state index contributed by atoms with van der Waals surface area (Å²) in [5.41, 5.74) is 4.49. The van der Waals surface area contributed by atoms with E-state index in [9.17, 15) is 4.79 Å². The van der Waals surface area contributed by atoms with Crippen LogP contribution in [0.5, 0.6) is 0 Å². The van der Waals surface area contributed by atoms with Crippen LogP contribution < -0.4 is 10.5 Å². The summed E-state index contributed by atoms with van der Waals surface area (Å²) < 4.78 is 1.60. The fourth-order valence-electron chi connectivity index (χ4n) is 5.74. The molecular weight excluding hydrogens is 529 g/mol. The van der Waals surface area contributed by atoms with Crippen molar-refractivity contribution in [1.82, 2.24) is 14.5 Å². The van der Waals surface area contributed by atoms with Crippen LogP contribution >= 0.6 is 23.2 Å². The number of halogens is 2. The van der Waals surface area contributed by atoms with E-state index in [1.165, 1.54) is 11.1 Å². The minimum atomic E-state index is -0.0830. The second kappa shape index (κ2) is 11.4. The van der Waals surface area contributed by atoms with Gasteiger partial charge in [0.25, 0.3) is 11.4 Å². The van der Waals surface area contributed by atoms with Crippen molar-refractivity contribution in [2.24, 2.45) is 7.05 Å². The summed E-state index contributed by atoms with van der Waals surface area (Å²) in [4.78, 5) is 26.1. The lowest BCUT2D eigenvalue weighted by atomic mass is 9.91. The van der Waals surface area contributed by atoms with Crippen LogP contribution in [0.25, 0.3) is 15.9 Å². The molecule has 2 atom stereocenters. The van der Waals surface area contributed by atoms with Crippen LogP contribution in [0, 0.1) is 6.57 Å². The predicted octanol–water partition coefficient (Wildman–Crippen LogP) is 7.26. The van der Waals surface area contributed by atoms with Crippen LogP contribution in [0.2, 0.25) is 10.0 Å². The van der Waals surface area contributed by atoms with Crippen molar-refractivity contribution in [2.75, 3.05) is 18.0 Å². The minimum Gasteiger partial charge on any atom is -0.362 e. The number of aromatic nitrogens is 2. The molecule has 0 amide bonds. The van der Waals surface area contributed by atoms with Gasteiger partial charge in [-0.2, -0.15) is 0 Å². The van der Waals surface area contributed by atoms with Gasteiger partial charge in [-0.25, -0.2) is 0 Å². The maximum Gasteiger partial charge on any atom is 0.270 e. The molecule has 0 aliphatic carbocycles. The Balaban J connectivity index is 1.61. The molecule has 0 bridgehead atoms. The third kappa shape index (κ3) is 5.27. The first-order valence-electron chi connectivity index (χ1n) is 13.3. The molecule has 1 aliphatic heterocycles. The lowest BCUT2D eigenvalue weighted by Crippen LogP contribution is -2.59. The van der Waals surface area contributed by atoms with E-state index < -0.39 is 0 Å². The summed E-state index contributed by atoms with van der Waals surface area (Å²) >= 11 is 12.5. The van der Waals surface area contributed by atoms with Crippen LogP contribution in [-0.4, -0.2) is 39.6 Å². The van der Waals surface area contributed by atoms with Gasteiger partial charge >= 0.3 is 0 Å². The largest absolute Gasteiger partial charge is 0.362 e. The average Bonchev–Trinajstić information content (AvgIpc) is 2.96. The van der Waals surface area contributed by atoms with Gasteiger partial charge in [0, 0.05) is 48.3 Å². The summed E-state index contributed by atoms with van der Waals surface area (Å²) in [6.45, 7) is 13.4. The number of benzene rings is 2. The first-order valence-corrected chi connectivity index (χ1v) is 14.0. The second-order valence-corrected chi connectivity index (χ2v) is 10.9. The zero-order valence-corrected chi connectivity index (χ0v) is 23.8. The normalized spacial score (nSPS) is 18.0. The van der Waals surface area contributed by atoms with E-state index in [2.05, 4.69) is 57.7 Å². The number of hydrogen-bond acceptors (Lipinski definition) is 4. The first-order chi connectivity index (χ1) is 18.8. The first kappa shape index (κ1) is 27.2. The fraction of sp³-hybridized carbons (Fsp3) is 0.323. The monoisotopic (exact) mass is 559 g/mol. The van der Waals surface area contributed by atoms with E-state index in [1.807, 2.05) is 30.3 Å². The standard InChI is InChI=1S/C31H31Cl2N5O/c1-5-24-19-38(31(20-7-11-22(32)12-8-20)21-9-13-23(33)14-10-21)25(6-2)18-37(24)27-17-29(39)36(4)26-15-16-28(34-3)35-30(26)27/h7-17,24-25,31H,5-6,18-19H2,1-2,4H3/t24-,25+/m0/s1. The maximum absolute atomic E-state index is 13.0. The molecule has 2 aromatic heterocycles. The molecule has 0 unspecified atom stereocenters. The minimum absolute atomic E-state index is 0.0212. The zero-order chi connectivity index (χ0) is 27.7. The van der Waals surface area contributed by atoms with Gasteiger partial charge in [-0.1, -0.05) is 67.9 Å². The van der Waals surface area contributed by atoms with Crippen molar-refractivity contribution in [1.29, 1.82) is 0 Å². The Morgan fingerprint density at radius 1 is 0.923 bits per heavy atom. The number of hydrogen-bond donors (Lipinski definition) is 0. The maximum atomic E-state index is 13.0. The molecule has 0 N–H and O–H groups in total. The molecule has 6 nitrogen and oxygen atoms in total. The molecule has 0 spiro atoms. The SMILES string of the molecule is [C-]#[N+]c1ccc2c(n1)c(N1C[C@@H](CC)N(C(c3ccc(Cl)cc3)c3ccc(Cl)cc3)C[C@@H]1CC)cc(=O)n2C. The van der Waals surface area contributed by atoms with Gasteiger partial charge in [-0.15, -0.1) is 4.98 Å². The molecule has 1 aliphatic rings. The van der Waals surface area contributed by atoms with E-state index in [4.69, 9.17) is 29.8 Å². The third-order valence-electron chi connectivity index (χ3n) is 7.86. The molecule has 2 aromatic carbocycles. The van der Waals surface area contributed by atoms with Crippen molar-refractivity contribution < 1.29 is 0 Å². The number of piperazine rings is 1. The van der Waals surface area contributed by atoms with Crippen LogP contribution in [-0.2, 0) is 7.05 Å². The number of pyridine rings is 2. The highest BCUT2D eigenvalue weighted by molar-refractivity contribution is 6.30.